The van der Waals surface area contributed by atoms with Gasteiger partial charge in [0.15, 0.2) is 0 Å². The molecular weight excluding hydrogens is 342 g/mol. The van der Waals surface area contributed by atoms with Crippen LogP contribution in [0.5, 0.6) is 0 Å². The molecule has 0 bridgehead atoms. The summed E-state index contributed by atoms with van der Waals surface area (Å²) < 4.78 is 2.57. The molecule has 3 aromatic rings. The third-order valence-electron chi connectivity index (χ3n) is 3.91. The number of hydrazone groups is 1. The number of H-pyrrole nitrogens is 1. The van der Waals surface area contributed by atoms with Crippen molar-refractivity contribution in [1.82, 2.24) is 14.1 Å². The predicted molar refractivity (Wildman–Crippen MR) is 101 cm³/mol. The fraction of sp³-hybridized carbons (Fsp3) is 0.235. The first-order chi connectivity index (χ1) is 12.0. The zero-order chi connectivity index (χ0) is 18.0. The molecule has 3 rings (SSSR count). The highest BCUT2D eigenvalue weighted by Gasteiger charge is 2.08. The van der Waals surface area contributed by atoms with Gasteiger partial charge in [0.1, 0.15) is 5.82 Å². The number of halogens is 1. The SMILES string of the molecule is CCCn1c(NN=Cc2c[nH]c3ccc(Cl)cc23)cc(=O)n(C)c1=O. The van der Waals surface area contributed by atoms with Crippen molar-refractivity contribution in [1.29, 1.82) is 0 Å². The molecule has 0 aliphatic carbocycles. The summed E-state index contributed by atoms with van der Waals surface area (Å²) in [6, 6.07) is 6.91. The second-order valence-corrected chi connectivity index (χ2v) is 6.10. The summed E-state index contributed by atoms with van der Waals surface area (Å²) in [6.07, 6.45) is 4.19. The second kappa shape index (κ2) is 6.98. The van der Waals surface area contributed by atoms with Gasteiger partial charge >= 0.3 is 5.69 Å². The summed E-state index contributed by atoms with van der Waals surface area (Å²) in [5.74, 6) is 0.365. The van der Waals surface area contributed by atoms with E-state index in [0.29, 0.717) is 17.4 Å². The molecule has 7 nitrogen and oxygen atoms in total. The summed E-state index contributed by atoms with van der Waals surface area (Å²) in [6.45, 7) is 2.45. The van der Waals surface area contributed by atoms with E-state index in [1.807, 2.05) is 31.3 Å². The molecule has 0 aliphatic rings. The van der Waals surface area contributed by atoms with E-state index in [0.717, 1.165) is 27.5 Å². The maximum absolute atomic E-state index is 12.2. The average molecular weight is 360 g/mol. The quantitative estimate of drug-likeness (QED) is 0.542. The lowest BCUT2D eigenvalue weighted by Crippen LogP contribution is -2.38. The van der Waals surface area contributed by atoms with Crippen molar-refractivity contribution in [2.75, 3.05) is 5.43 Å². The Bertz CT molecular complexity index is 1060. The van der Waals surface area contributed by atoms with E-state index in [9.17, 15) is 9.59 Å². The predicted octanol–water partition coefficient (Wildman–Crippen LogP) is 2.54. The zero-order valence-corrected chi connectivity index (χ0v) is 14.7. The highest BCUT2D eigenvalue weighted by atomic mass is 35.5. The molecule has 0 saturated carbocycles. The van der Waals surface area contributed by atoms with Crippen LogP contribution in [0.3, 0.4) is 0 Å². The number of benzene rings is 1. The normalized spacial score (nSPS) is 11.5. The first-order valence-electron chi connectivity index (χ1n) is 7.88. The Labute approximate surface area is 148 Å². The van der Waals surface area contributed by atoms with Crippen molar-refractivity contribution >= 4 is 34.5 Å². The molecule has 8 heteroatoms. The molecular formula is C17H18ClN5O2. The topological polar surface area (TPSA) is 84.2 Å². The van der Waals surface area contributed by atoms with Gasteiger partial charge in [-0.2, -0.15) is 5.10 Å². The molecule has 2 heterocycles. The van der Waals surface area contributed by atoms with Crippen LogP contribution in [0.4, 0.5) is 5.82 Å². The van der Waals surface area contributed by atoms with Gasteiger partial charge in [0.25, 0.3) is 5.56 Å². The van der Waals surface area contributed by atoms with Crippen LogP contribution in [0.25, 0.3) is 10.9 Å². The van der Waals surface area contributed by atoms with Crippen molar-refractivity contribution in [2.24, 2.45) is 12.1 Å². The third kappa shape index (κ3) is 3.36. The van der Waals surface area contributed by atoms with Crippen LogP contribution in [0.2, 0.25) is 5.02 Å². The molecule has 0 saturated heterocycles. The number of nitrogens with zero attached hydrogens (tertiary/aromatic N) is 3. The van der Waals surface area contributed by atoms with Gasteiger partial charge in [0.05, 0.1) is 6.21 Å². The first-order valence-corrected chi connectivity index (χ1v) is 8.25. The van der Waals surface area contributed by atoms with E-state index in [-0.39, 0.29) is 11.2 Å². The van der Waals surface area contributed by atoms with E-state index in [4.69, 9.17) is 11.6 Å². The summed E-state index contributed by atoms with van der Waals surface area (Å²) in [5.41, 5.74) is 3.84. The lowest BCUT2D eigenvalue weighted by molar-refractivity contribution is 0.596. The number of aromatic nitrogens is 3. The minimum atomic E-state index is -0.381. The summed E-state index contributed by atoms with van der Waals surface area (Å²) >= 11 is 6.03. The van der Waals surface area contributed by atoms with Crippen molar-refractivity contribution in [3.63, 3.8) is 0 Å². The van der Waals surface area contributed by atoms with Gasteiger partial charge in [-0.1, -0.05) is 18.5 Å². The maximum atomic E-state index is 12.2. The summed E-state index contributed by atoms with van der Waals surface area (Å²) in [7, 11) is 1.46. The Morgan fingerprint density at radius 1 is 1.32 bits per heavy atom. The van der Waals surface area contributed by atoms with Crippen molar-refractivity contribution in [3.05, 3.63) is 61.9 Å². The van der Waals surface area contributed by atoms with E-state index in [1.54, 1.807) is 6.21 Å². The number of aromatic amines is 1. The van der Waals surface area contributed by atoms with Crippen LogP contribution in [0.1, 0.15) is 18.9 Å². The lowest BCUT2D eigenvalue weighted by Gasteiger charge is -2.11. The van der Waals surface area contributed by atoms with E-state index >= 15 is 0 Å². The van der Waals surface area contributed by atoms with Crippen LogP contribution in [-0.4, -0.2) is 20.3 Å². The number of hydrogen-bond donors (Lipinski definition) is 2. The monoisotopic (exact) mass is 359 g/mol. The maximum Gasteiger partial charge on any atom is 0.332 e. The Morgan fingerprint density at radius 2 is 2.12 bits per heavy atom. The van der Waals surface area contributed by atoms with Gasteiger partial charge in [0.2, 0.25) is 0 Å². The highest BCUT2D eigenvalue weighted by Crippen LogP contribution is 2.21. The van der Waals surface area contributed by atoms with Gasteiger partial charge in [-0.05, 0) is 24.6 Å². The first kappa shape index (κ1) is 17.0. The molecule has 0 unspecified atom stereocenters. The molecule has 2 N–H and O–H groups in total. The molecule has 1 aromatic carbocycles. The number of fused-ring (bicyclic) bond motifs is 1. The molecule has 25 heavy (non-hydrogen) atoms. The molecule has 0 atom stereocenters. The lowest BCUT2D eigenvalue weighted by atomic mass is 10.2. The average Bonchev–Trinajstić information content (AvgIpc) is 2.98. The molecule has 0 radical (unpaired) electrons. The van der Waals surface area contributed by atoms with Gasteiger partial charge in [-0.25, -0.2) is 4.79 Å². The Balaban J connectivity index is 1.92. The van der Waals surface area contributed by atoms with Crippen LogP contribution in [0, 0.1) is 0 Å². The standard InChI is InChI=1S/C17H18ClN5O2/c1-3-6-23-15(8-16(24)22(2)17(23)25)21-20-10-11-9-19-14-5-4-12(18)7-13(11)14/h4-5,7-10,19,21H,3,6H2,1-2H3. The Hall–Kier alpha value is -2.80. The smallest absolute Gasteiger partial charge is 0.332 e. The fourth-order valence-electron chi connectivity index (χ4n) is 2.59. The molecule has 0 aliphatic heterocycles. The van der Waals surface area contributed by atoms with Gasteiger partial charge in [-0.3, -0.25) is 19.4 Å². The van der Waals surface area contributed by atoms with Crippen LogP contribution >= 0.6 is 11.6 Å². The minimum Gasteiger partial charge on any atom is -0.361 e. The Kier molecular flexibility index (Phi) is 4.76. The number of anilines is 1. The van der Waals surface area contributed by atoms with E-state index in [2.05, 4.69) is 15.5 Å². The largest absolute Gasteiger partial charge is 0.361 e. The number of rotatable bonds is 5. The van der Waals surface area contributed by atoms with Crippen molar-refractivity contribution in [2.45, 2.75) is 19.9 Å². The van der Waals surface area contributed by atoms with Crippen LogP contribution < -0.4 is 16.7 Å². The molecule has 0 spiro atoms. The van der Waals surface area contributed by atoms with Crippen molar-refractivity contribution < 1.29 is 0 Å². The summed E-state index contributed by atoms with van der Waals surface area (Å²) in [4.78, 5) is 27.2. The van der Waals surface area contributed by atoms with Gasteiger partial charge in [0, 0.05) is 47.3 Å². The van der Waals surface area contributed by atoms with E-state index < -0.39 is 0 Å². The summed E-state index contributed by atoms with van der Waals surface area (Å²) in [5, 5.41) is 5.75. The third-order valence-corrected chi connectivity index (χ3v) is 4.14. The second-order valence-electron chi connectivity index (χ2n) is 5.66. The zero-order valence-electron chi connectivity index (χ0n) is 13.9. The van der Waals surface area contributed by atoms with Gasteiger partial charge < -0.3 is 4.98 Å². The molecule has 0 amide bonds. The number of hydrogen-bond acceptors (Lipinski definition) is 4. The number of nitrogens with one attached hydrogen (secondary N) is 2. The molecule has 0 fully saturated rings. The van der Waals surface area contributed by atoms with Crippen LogP contribution in [0.15, 0.2) is 45.2 Å². The fourth-order valence-corrected chi connectivity index (χ4v) is 2.76. The molecule has 2 aromatic heterocycles. The van der Waals surface area contributed by atoms with Crippen molar-refractivity contribution in [3.8, 4) is 0 Å². The molecule has 130 valence electrons. The van der Waals surface area contributed by atoms with Gasteiger partial charge in [-0.15, -0.1) is 0 Å². The minimum absolute atomic E-state index is 0.365. The van der Waals surface area contributed by atoms with Crippen LogP contribution in [-0.2, 0) is 13.6 Å². The highest BCUT2D eigenvalue weighted by molar-refractivity contribution is 6.31. The Morgan fingerprint density at radius 3 is 2.88 bits per heavy atom. The van der Waals surface area contributed by atoms with E-state index in [1.165, 1.54) is 17.7 Å².